The number of anilines is 1. The zero-order valence-corrected chi connectivity index (χ0v) is 8.31. The topological polar surface area (TPSA) is 42.4 Å². The summed E-state index contributed by atoms with van der Waals surface area (Å²) in [5.41, 5.74) is 0.432. The molecule has 2 rings (SSSR count). The molecule has 0 N–H and O–H groups in total. The van der Waals surface area contributed by atoms with Gasteiger partial charge in [0.1, 0.15) is 17.7 Å². The van der Waals surface area contributed by atoms with Gasteiger partial charge in [0.25, 0.3) is 0 Å². The molecular weight excluding hydrogens is 199 g/mol. The van der Waals surface area contributed by atoms with Gasteiger partial charge in [0.05, 0.1) is 32.0 Å². The fourth-order valence-electron chi connectivity index (χ4n) is 1.51. The number of alkyl halides is 1. The van der Waals surface area contributed by atoms with Gasteiger partial charge in [-0.1, -0.05) is 0 Å². The highest BCUT2D eigenvalue weighted by Crippen LogP contribution is 2.25. The molecule has 5 heteroatoms. The Labute approximate surface area is 86.7 Å². The van der Waals surface area contributed by atoms with Gasteiger partial charge >= 0.3 is 0 Å². The molecule has 1 fully saturated rings. The number of nitrogens with zero attached hydrogens (tertiary/aromatic N) is 2. The Morgan fingerprint density at radius 3 is 2.93 bits per heavy atom. The molecule has 1 aromatic heterocycles. The summed E-state index contributed by atoms with van der Waals surface area (Å²) in [6.07, 6.45) is 1.41. The molecule has 0 aliphatic carbocycles. The largest absolute Gasteiger partial charge is 0.495 e. The van der Waals surface area contributed by atoms with E-state index in [1.165, 1.54) is 13.3 Å². The van der Waals surface area contributed by atoms with Crippen molar-refractivity contribution in [1.29, 1.82) is 0 Å². The van der Waals surface area contributed by atoms with E-state index in [1.807, 2.05) is 0 Å². The molecule has 1 aromatic rings. The maximum absolute atomic E-state index is 12.7. The predicted molar refractivity (Wildman–Crippen MR) is 53.3 cm³/mol. The molecule has 2 heterocycles. The van der Waals surface area contributed by atoms with Gasteiger partial charge < -0.3 is 9.64 Å². The van der Waals surface area contributed by atoms with Crippen molar-refractivity contribution < 1.29 is 13.9 Å². The number of pyridine rings is 1. The van der Waals surface area contributed by atoms with Gasteiger partial charge in [-0.15, -0.1) is 0 Å². The van der Waals surface area contributed by atoms with E-state index in [-0.39, 0.29) is 0 Å². The van der Waals surface area contributed by atoms with Crippen molar-refractivity contribution in [2.24, 2.45) is 0 Å². The summed E-state index contributed by atoms with van der Waals surface area (Å²) < 4.78 is 17.6. The highest BCUT2D eigenvalue weighted by Gasteiger charge is 2.28. The first-order chi connectivity index (χ1) is 7.24. The van der Waals surface area contributed by atoms with Crippen molar-refractivity contribution in [2.75, 3.05) is 25.1 Å². The summed E-state index contributed by atoms with van der Waals surface area (Å²) in [5, 5.41) is 0. The number of hydrogen-bond acceptors (Lipinski definition) is 4. The summed E-state index contributed by atoms with van der Waals surface area (Å²) in [4.78, 5) is 16.6. The Balaban J connectivity index is 2.27. The fraction of sp³-hybridized carbons (Fsp3) is 0.400. The molecule has 80 valence electrons. The third-order valence-electron chi connectivity index (χ3n) is 2.37. The van der Waals surface area contributed by atoms with Crippen LogP contribution in [0.3, 0.4) is 0 Å². The van der Waals surface area contributed by atoms with Gasteiger partial charge in [-0.3, -0.25) is 4.79 Å². The second-order valence-corrected chi connectivity index (χ2v) is 3.41. The number of methoxy groups -OCH3 is 1. The van der Waals surface area contributed by atoms with E-state index in [9.17, 15) is 9.18 Å². The second kappa shape index (κ2) is 3.84. The van der Waals surface area contributed by atoms with Crippen LogP contribution in [-0.4, -0.2) is 37.6 Å². The van der Waals surface area contributed by atoms with E-state index in [2.05, 4.69) is 4.98 Å². The van der Waals surface area contributed by atoms with Crippen LogP contribution in [-0.2, 0) is 0 Å². The number of rotatable bonds is 3. The molecule has 0 spiro atoms. The number of carbonyl (C=O) groups excluding carboxylic acids is 1. The predicted octanol–water partition coefficient (Wildman–Crippen LogP) is 1.06. The van der Waals surface area contributed by atoms with Crippen LogP contribution in [0.2, 0.25) is 0 Å². The lowest BCUT2D eigenvalue weighted by Crippen LogP contribution is -2.49. The summed E-state index contributed by atoms with van der Waals surface area (Å²) in [6.45, 7) is 0.611. The van der Waals surface area contributed by atoms with Gasteiger partial charge in [0, 0.05) is 0 Å². The van der Waals surface area contributed by atoms with Gasteiger partial charge in [-0.25, -0.2) is 9.37 Å². The molecule has 0 radical (unpaired) electrons. The molecule has 15 heavy (non-hydrogen) atoms. The third-order valence-corrected chi connectivity index (χ3v) is 2.37. The van der Waals surface area contributed by atoms with E-state index in [0.29, 0.717) is 36.5 Å². The van der Waals surface area contributed by atoms with Crippen LogP contribution in [0.4, 0.5) is 10.2 Å². The van der Waals surface area contributed by atoms with Crippen LogP contribution >= 0.6 is 0 Å². The Hall–Kier alpha value is -1.65. The zero-order valence-electron chi connectivity index (χ0n) is 8.31. The highest BCUT2D eigenvalue weighted by atomic mass is 19.1. The van der Waals surface area contributed by atoms with Gasteiger partial charge in [-0.2, -0.15) is 0 Å². The molecule has 0 saturated carbocycles. The van der Waals surface area contributed by atoms with Gasteiger partial charge in [-0.05, 0) is 6.07 Å². The van der Waals surface area contributed by atoms with Crippen molar-refractivity contribution in [1.82, 2.24) is 4.98 Å². The highest BCUT2D eigenvalue weighted by molar-refractivity contribution is 5.83. The Bertz CT molecular complexity index is 378. The normalized spacial score (nSPS) is 16.0. The Morgan fingerprint density at radius 1 is 1.67 bits per heavy atom. The van der Waals surface area contributed by atoms with E-state index in [4.69, 9.17) is 4.74 Å². The summed E-state index contributed by atoms with van der Waals surface area (Å²) in [5.74, 6) is 1.05. The average Bonchev–Trinajstić information content (AvgIpc) is 2.24. The van der Waals surface area contributed by atoms with Crippen LogP contribution in [0.15, 0.2) is 12.3 Å². The fourth-order valence-corrected chi connectivity index (χ4v) is 1.51. The molecule has 0 atom stereocenters. The SMILES string of the molecule is COc1cnc(N2CC(F)C2)c(C=O)c1. The molecule has 1 saturated heterocycles. The first kappa shape index (κ1) is 9.89. The summed E-state index contributed by atoms with van der Waals surface area (Å²) in [7, 11) is 1.51. The Morgan fingerprint density at radius 2 is 2.40 bits per heavy atom. The van der Waals surface area contributed by atoms with Gasteiger partial charge in [0.2, 0.25) is 0 Å². The molecule has 4 nitrogen and oxygen atoms in total. The van der Waals surface area contributed by atoms with Crippen molar-refractivity contribution in [3.8, 4) is 5.75 Å². The standard InChI is InChI=1S/C10H11FN2O2/c1-15-9-2-7(6-14)10(12-3-9)13-4-8(11)5-13/h2-3,6,8H,4-5H2,1H3. The number of carbonyl (C=O) groups is 1. The maximum atomic E-state index is 12.7. The van der Waals surface area contributed by atoms with Crippen LogP contribution < -0.4 is 9.64 Å². The van der Waals surface area contributed by atoms with Crippen molar-refractivity contribution in [3.05, 3.63) is 17.8 Å². The molecule has 0 bridgehead atoms. The smallest absolute Gasteiger partial charge is 0.153 e. The summed E-state index contributed by atoms with van der Waals surface area (Å²) >= 11 is 0. The lowest BCUT2D eigenvalue weighted by Gasteiger charge is -2.35. The number of halogens is 1. The molecule has 0 aromatic carbocycles. The lowest BCUT2D eigenvalue weighted by molar-refractivity contribution is 0.112. The van der Waals surface area contributed by atoms with Crippen molar-refractivity contribution in [3.63, 3.8) is 0 Å². The number of ether oxygens (including phenoxy) is 1. The van der Waals surface area contributed by atoms with E-state index >= 15 is 0 Å². The van der Waals surface area contributed by atoms with E-state index in [0.717, 1.165) is 0 Å². The number of aldehydes is 1. The minimum absolute atomic E-state index is 0.306. The minimum atomic E-state index is -0.812. The lowest BCUT2D eigenvalue weighted by atomic mass is 10.1. The Kier molecular flexibility index (Phi) is 2.53. The molecule has 1 aliphatic rings. The quantitative estimate of drug-likeness (QED) is 0.699. The number of hydrogen-bond donors (Lipinski definition) is 0. The first-order valence-corrected chi connectivity index (χ1v) is 4.63. The van der Waals surface area contributed by atoms with Crippen molar-refractivity contribution >= 4 is 12.1 Å². The molecular formula is C10H11FN2O2. The van der Waals surface area contributed by atoms with Crippen LogP contribution in [0, 0.1) is 0 Å². The van der Waals surface area contributed by atoms with Crippen LogP contribution in [0.1, 0.15) is 10.4 Å². The first-order valence-electron chi connectivity index (χ1n) is 4.63. The molecule has 0 amide bonds. The van der Waals surface area contributed by atoms with Gasteiger partial charge in [0.15, 0.2) is 6.29 Å². The summed E-state index contributed by atoms with van der Waals surface area (Å²) in [6, 6.07) is 1.60. The molecule has 0 unspecified atom stereocenters. The van der Waals surface area contributed by atoms with E-state index < -0.39 is 6.17 Å². The number of aromatic nitrogens is 1. The van der Waals surface area contributed by atoms with Crippen LogP contribution in [0.5, 0.6) is 5.75 Å². The monoisotopic (exact) mass is 210 g/mol. The minimum Gasteiger partial charge on any atom is -0.495 e. The van der Waals surface area contributed by atoms with E-state index in [1.54, 1.807) is 11.0 Å². The molecule has 1 aliphatic heterocycles. The zero-order chi connectivity index (χ0) is 10.8. The maximum Gasteiger partial charge on any atom is 0.153 e. The average molecular weight is 210 g/mol. The van der Waals surface area contributed by atoms with Crippen molar-refractivity contribution in [2.45, 2.75) is 6.17 Å². The second-order valence-electron chi connectivity index (χ2n) is 3.41. The van der Waals surface area contributed by atoms with Crippen LogP contribution in [0.25, 0.3) is 0 Å². The third kappa shape index (κ3) is 1.77.